The summed E-state index contributed by atoms with van der Waals surface area (Å²) in [5.41, 5.74) is 1.85. The number of nitrogens with two attached hydrogens (primary N) is 1. The van der Waals surface area contributed by atoms with Crippen LogP contribution in [-0.2, 0) is 15.6 Å². The number of amides is 1. The zero-order valence-corrected chi connectivity index (χ0v) is 14.7. The van der Waals surface area contributed by atoms with Crippen LogP contribution in [0.15, 0.2) is 24.3 Å². The first-order chi connectivity index (χ1) is 10.6. The summed E-state index contributed by atoms with van der Waals surface area (Å²) < 4.78 is 23.8. The average Bonchev–Trinajstić information content (AvgIpc) is 2.46. The molecule has 3 N–H and O–H groups in total. The second kappa shape index (κ2) is 6.59. The van der Waals surface area contributed by atoms with Crippen LogP contribution >= 0.6 is 0 Å². The molecular formula is C16H25N3O3S. The van der Waals surface area contributed by atoms with Gasteiger partial charge in [0.1, 0.15) is 0 Å². The summed E-state index contributed by atoms with van der Waals surface area (Å²) in [5.74, 6) is -0.125. The van der Waals surface area contributed by atoms with Gasteiger partial charge in [-0.1, -0.05) is 32.9 Å². The molecule has 1 aromatic carbocycles. The minimum Gasteiger partial charge on any atom is -0.349 e. The molecule has 0 aromatic heterocycles. The molecule has 0 aliphatic carbocycles. The van der Waals surface area contributed by atoms with E-state index in [-0.39, 0.29) is 17.4 Å². The molecule has 23 heavy (non-hydrogen) atoms. The predicted octanol–water partition coefficient (Wildman–Crippen LogP) is 1.38. The molecule has 1 fully saturated rings. The Hall–Kier alpha value is -1.44. The lowest BCUT2D eigenvalue weighted by Crippen LogP contribution is -2.48. The number of carbonyl (C=O) groups is 1. The van der Waals surface area contributed by atoms with Crippen molar-refractivity contribution in [2.24, 2.45) is 5.14 Å². The van der Waals surface area contributed by atoms with E-state index in [4.69, 9.17) is 5.14 Å². The van der Waals surface area contributed by atoms with Gasteiger partial charge in [-0.05, 0) is 36.0 Å². The standard InChI is InChI=1S/C16H25N3O3S/c1-16(2,3)13-6-4-12(5-7-13)15(20)18-14-8-10-19(11-9-14)23(17,21)22/h4-7,14H,8-11H2,1-3H3,(H,18,20)(H2,17,21,22). The molecule has 0 atom stereocenters. The number of piperidine rings is 1. The van der Waals surface area contributed by atoms with Crippen molar-refractivity contribution in [1.29, 1.82) is 0 Å². The number of nitrogens with one attached hydrogen (secondary N) is 1. The van der Waals surface area contributed by atoms with Crippen molar-refractivity contribution in [2.75, 3.05) is 13.1 Å². The summed E-state index contributed by atoms with van der Waals surface area (Å²) in [7, 11) is -3.63. The van der Waals surface area contributed by atoms with Crippen LogP contribution in [-0.4, -0.2) is 37.8 Å². The van der Waals surface area contributed by atoms with Gasteiger partial charge in [0.25, 0.3) is 16.1 Å². The third-order valence-electron chi connectivity index (χ3n) is 4.16. The molecule has 0 bridgehead atoms. The summed E-state index contributed by atoms with van der Waals surface area (Å²) in [5, 5.41) is 8.07. The summed E-state index contributed by atoms with van der Waals surface area (Å²) >= 11 is 0. The van der Waals surface area contributed by atoms with Gasteiger partial charge in [-0.15, -0.1) is 0 Å². The zero-order valence-electron chi connectivity index (χ0n) is 13.9. The van der Waals surface area contributed by atoms with Crippen molar-refractivity contribution in [3.63, 3.8) is 0 Å². The van der Waals surface area contributed by atoms with E-state index < -0.39 is 10.2 Å². The van der Waals surface area contributed by atoms with Crippen molar-refractivity contribution in [1.82, 2.24) is 9.62 Å². The fourth-order valence-corrected chi connectivity index (χ4v) is 3.36. The topological polar surface area (TPSA) is 92.5 Å². The van der Waals surface area contributed by atoms with Gasteiger partial charge in [0, 0.05) is 24.7 Å². The van der Waals surface area contributed by atoms with Gasteiger partial charge in [-0.25, -0.2) is 5.14 Å². The van der Waals surface area contributed by atoms with Crippen LogP contribution in [0.2, 0.25) is 0 Å². The lowest BCUT2D eigenvalue weighted by Gasteiger charge is -2.30. The minimum absolute atomic E-state index is 0.0252. The van der Waals surface area contributed by atoms with Gasteiger partial charge in [0.15, 0.2) is 0 Å². The SMILES string of the molecule is CC(C)(C)c1ccc(C(=O)NC2CCN(S(N)(=O)=O)CC2)cc1. The molecule has 1 aliphatic heterocycles. The van der Waals surface area contributed by atoms with Crippen molar-refractivity contribution < 1.29 is 13.2 Å². The van der Waals surface area contributed by atoms with Crippen LogP contribution in [0.3, 0.4) is 0 Å². The Morgan fingerprint density at radius 1 is 1.17 bits per heavy atom. The number of rotatable bonds is 3. The Morgan fingerprint density at radius 2 is 1.70 bits per heavy atom. The van der Waals surface area contributed by atoms with Crippen molar-refractivity contribution in [3.8, 4) is 0 Å². The molecule has 1 amide bonds. The van der Waals surface area contributed by atoms with Gasteiger partial charge >= 0.3 is 0 Å². The number of benzene rings is 1. The van der Waals surface area contributed by atoms with Crippen LogP contribution < -0.4 is 10.5 Å². The molecule has 128 valence electrons. The van der Waals surface area contributed by atoms with E-state index in [1.807, 2.05) is 24.3 Å². The molecule has 1 aliphatic rings. The van der Waals surface area contributed by atoms with Gasteiger partial charge in [-0.2, -0.15) is 12.7 Å². The maximum atomic E-state index is 12.3. The lowest BCUT2D eigenvalue weighted by atomic mass is 9.86. The Labute approximate surface area is 138 Å². The molecule has 7 heteroatoms. The number of hydrogen-bond donors (Lipinski definition) is 2. The number of carbonyl (C=O) groups excluding carboxylic acids is 1. The monoisotopic (exact) mass is 339 g/mol. The fourth-order valence-electron chi connectivity index (χ4n) is 2.64. The van der Waals surface area contributed by atoms with Crippen molar-refractivity contribution >= 4 is 16.1 Å². The highest BCUT2D eigenvalue weighted by molar-refractivity contribution is 7.86. The van der Waals surface area contributed by atoms with Crippen LogP contribution in [0, 0.1) is 0 Å². The second-order valence-corrected chi connectivity index (χ2v) is 8.57. The second-order valence-electron chi connectivity index (χ2n) is 7.02. The predicted molar refractivity (Wildman–Crippen MR) is 90.3 cm³/mol. The zero-order chi connectivity index (χ0) is 17.3. The van der Waals surface area contributed by atoms with E-state index in [2.05, 4.69) is 26.1 Å². The third kappa shape index (κ3) is 4.76. The number of hydrogen-bond acceptors (Lipinski definition) is 3. The van der Waals surface area contributed by atoms with Gasteiger partial charge < -0.3 is 5.32 Å². The molecule has 0 radical (unpaired) electrons. The molecule has 6 nitrogen and oxygen atoms in total. The highest BCUT2D eigenvalue weighted by Gasteiger charge is 2.26. The quantitative estimate of drug-likeness (QED) is 0.871. The first-order valence-electron chi connectivity index (χ1n) is 7.76. The normalized spacial score (nSPS) is 17.9. The highest BCUT2D eigenvalue weighted by atomic mass is 32.2. The molecule has 1 heterocycles. The van der Waals surface area contributed by atoms with Crippen LogP contribution in [0.25, 0.3) is 0 Å². The third-order valence-corrected chi connectivity index (χ3v) is 5.25. The van der Waals surface area contributed by atoms with Crippen LogP contribution in [0.5, 0.6) is 0 Å². The minimum atomic E-state index is -3.63. The Kier molecular flexibility index (Phi) is 5.13. The summed E-state index contributed by atoms with van der Waals surface area (Å²) in [6.07, 6.45) is 1.14. The smallest absolute Gasteiger partial charge is 0.276 e. The van der Waals surface area contributed by atoms with Gasteiger partial charge in [-0.3, -0.25) is 4.79 Å². The van der Waals surface area contributed by atoms with Crippen molar-refractivity contribution in [2.45, 2.75) is 45.1 Å². The maximum absolute atomic E-state index is 12.3. The van der Waals surface area contributed by atoms with E-state index in [0.29, 0.717) is 31.5 Å². The van der Waals surface area contributed by atoms with Crippen LogP contribution in [0.1, 0.15) is 49.5 Å². The van der Waals surface area contributed by atoms with Gasteiger partial charge in [0.05, 0.1) is 0 Å². The van der Waals surface area contributed by atoms with Crippen LogP contribution in [0.4, 0.5) is 0 Å². The molecule has 0 unspecified atom stereocenters. The summed E-state index contributed by atoms with van der Waals surface area (Å²) in [6, 6.07) is 7.57. The van der Waals surface area contributed by atoms with Crippen molar-refractivity contribution in [3.05, 3.63) is 35.4 Å². The lowest BCUT2D eigenvalue weighted by molar-refractivity contribution is 0.0924. The molecule has 1 aromatic rings. The van der Waals surface area contributed by atoms with E-state index in [9.17, 15) is 13.2 Å². The van der Waals surface area contributed by atoms with E-state index in [0.717, 1.165) is 0 Å². The highest BCUT2D eigenvalue weighted by Crippen LogP contribution is 2.22. The molecular weight excluding hydrogens is 314 g/mol. The fraction of sp³-hybridized carbons (Fsp3) is 0.562. The molecule has 0 spiro atoms. The van der Waals surface area contributed by atoms with E-state index in [1.54, 1.807) is 0 Å². The van der Waals surface area contributed by atoms with E-state index in [1.165, 1.54) is 9.87 Å². The number of nitrogens with zero attached hydrogens (tertiary/aromatic N) is 1. The molecule has 2 rings (SSSR count). The first-order valence-corrected chi connectivity index (χ1v) is 9.27. The molecule has 0 saturated carbocycles. The Bertz CT molecular complexity index is 655. The first kappa shape index (κ1) is 17.9. The summed E-state index contributed by atoms with van der Waals surface area (Å²) in [4.78, 5) is 12.3. The van der Waals surface area contributed by atoms with E-state index >= 15 is 0 Å². The average molecular weight is 339 g/mol. The Balaban J connectivity index is 1.93. The Morgan fingerprint density at radius 3 is 2.13 bits per heavy atom. The summed E-state index contributed by atoms with van der Waals surface area (Å²) in [6.45, 7) is 7.06. The maximum Gasteiger partial charge on any atom is 0.276 e. The van der Waals surface area contributed by atoms with Gasteiger partial charge in [0.2, 0.25) is 0 Å². The molecule has 1 saturated heterocycles. The largest absolute Gasteiger partial charge is 0.349 e.